The van der Waals surface area contributed by atoms with E-state index in [9.17, 15) is 4.79 Å². The van der Waals surface area contributed by atoms with Gasteiger partial charge in [-0.3, -0.25) is 9.69 Å². The molecule has 2 heterocycles. The molecule has 0 unspecified atom stereocenters. The van der Waals surface area contributed by atoms with Crippen molar-refractivity contribution in [2.24, 2.45) is 0 Å². The second-order valence-corrected chi connectivity index (χ2v) is 5.22. The maximum atomic E-state index is 12.4. The first-order valence-corrected chi connectivity index (χ1v) is 7.04. The summed E-state index contributed by atoms with van der Waals surface area (Å²) in [5, 5.41) is 0. The van der Waals surface area contributed by atoms with Crippen LogP contribution in [-0.2, 0) is 0 Å². The van der Waals surface area contributed by atoms with Crippen LogP contribution in [0.2, 0.25) is 0 Å². The van der Waals surface area contributed by atoms with E-state index in [4.69, 9.17) is 4.74 Å². The van der Waals surface area contributed by atoms with Crippen molar-refractivity contribution < 1.29 is 9.53 Å². The maximum Gasteiger partial charge on any atom is 0.260 e. The molecule has 0 N–H and O–H groups in total. The quantitative estimate of drug-likeness (QED) is 0.833. The van der Waals surface area contributed by atoms with E-state index in [1.54, 1.807) is 0 Å². The Kier molecular flexibility index (Phi) is 3.42. The zero-order valence-electron chi connectivity index (χ0n) is 11.3. The standard InChI is InChI=1S/C15H20N2O2/c1-2-16-9-5-6-12(16)10-17-11-19-14-8-4-3-7-13(14)15(17)18/h3-4,7-8,12H,2,5-6,9-11H2,1H3/t12-/m1/s1. The minimum atomic E-state index is 0.102. The van der Waals surface area contributed by atoms with Crippen molar-refractivity contribution in [2.45, 2.75) is 25.8 Å². The molecule has 1 amide bonds. The first kappa shape index (κ1) is 12.5. The number of benzene rings is 1. The Labute approximate surface area is 113 Å². The normalized spacial score (nSPS) is 23.3. The van der Waals surface area contributed by atoms with E-state index in [1.807, 2.05) is 29.2 Å². The van der Waals surface area contributed by atoms with Gasteiger partial charge >= 0.3 is 0 Å². The number of ether oxygens (including phenoxy) is 1. The molecular formula is C15H20N2O2. The van der Waals surface area contributed by atoms with Crippen LogP contribution < -0.4 is 4.74 Å². The number of hydrogen-bond acceptors (Lipinski definition) is 3. The molecule has 1 aromatic rings. The number of carbonyl (C=O) groups is 1. The number of para-hydroxylation sites is 1. The topological polar surface area (TPSA) is 32.8 Å². The van der Waals surface area contributed by atoms with Gasteiger partial charge in [0, 0.05) is 12.6 Å². The number of nitrogens with zero attached hydrogens (tertiary/aromatic N) is 2. The second kappa shape index (κ2) is 5.21. The molecule has 19 heavy (non-hydrogen) atoms. The fourth-order valence-corrected chi connectivity index (χ4v) is 3.05. The SMILES string of the molecule is CCN1CCC[C@@H]1CN1COc2ccccc2C1=O. The van der Waals surface area contributed by atoms with E-state index in [0.29, 0.717) is 24.1 Å². The Balaban J connectivity index is 1.72. The lowest BCUT2D eigenvalue weighted by molar-refractivity contribution is 0.0446. The van der Waals surface area contributed by atoms with Gasteiger partial charge in [0.05, 0.1) is 5.56 Å². The van der Waals surface area contributed by atoms with Crippen molar-refractivity contribution in [1.29, 1.82) is 0 Å². The van der Waals surface area contributed by atoms with E-state index in [-0.39, 0.29) is 5.91 Å². The van der Waals surface area contributed by atoms with Crippen LogP contribution in [0, 0.1) is 0 Å². The van der Waals surface area contributed by atoms with Gasteiger partial charge in [-0.1, -0.05) is 19.1 Å². The van der Waals surface area contributed by atoms with Crippen LogP contribution in [0.25, 0.3) is 0 Å². The highest BCUT2D eigenvalue weighted by Crippen LogP contribution is 2.26. The predicted octanol–water partition coefficient (Wildman–Crippen LogP) is 1.96. The zero-order valence-corrected chi connectivity index (χ0v) is 11.3. The smallest absolute Gasteiger partial charge is 0.260 e. The Morgan fingerprint density at radius 2 is 2.21 bits per heavy atom. The summed E-state index contributed by atoms with van der Waals surface area (Å²) in [7, 11) is 0. The van der Waals surface area contributed by atoms with Crippen molar-refractivity contribution in [3.63, 3.8) is 0 Å². The molecule has 0 bridgehead atoms. The summed E-state index contributed by atoms with van der Waals surface area (Å²) >= 11 is 0. The van der Waals surface area contributed by atoms with Crippen LogP contribution in [0.15, 0.2) is 24.3 Å². The molecule has 4 heteroatoms. The maximum absolute atomic E-state index is 12.4. The van der Waals surface area contributed by atoms with Gasteiger partial charge in [-0.2, -0.15) is 0 Å². The Hall–Kier alpha value is -1.55. The monoisotopic (exact) mass is 260 g/mol. The summed E-state index contributed by atoms with van der Waals surface area (Å²) in [5.74, 6) is 0.812. The second-order valence-electron chi connectivity index (χ2n) is 5.22. The third-order valence-electron chi connectivity index (χ3n) is 4.12. The molecule has 1 atom stereocenters. The minimum Gasteiger partial charge on any atom is -0.472 e. The fraction of sp³-hybridized carbons (Fsp3) is 0.533. The lowest BCUT2D eigenvalue weighted by atomic mass is 10.1. The first-order chi connectivity index (χ1) is 9.29. The third kappa shape index (κ3) is 2.32. The predicted molar refractivity (Wildman–Crippen MR) is 73.2 cm³/mol. The summed E-state index contributed by atoms with van der Waals surface area (Å²) in [6.45, 7) is 5.55. The molecule has 3 rings (SSSR count). The lowest BCUT2D eigenvalue weighted by Gasteiger charge is -2.33. The highest BCUT2D eigenvalue weighted by Gasteiger charge is 2.30. The first-order valence-electron chi connectivity index (χ1n) is 7.04. The summed E-state index contributed by atoms with van der Waals surface area (Å²) in [5.41, 5.74) is 0.690. The van der Waals surface area contributed by atoms with Crippen molar-refractivity contribution in [2.75, 3.05) is 26.4 Å². The molecule has 1 fully saturated rings. The molecular weight excluding hydrogens is 240 g/mol. The number of carbonyl (C=O) groups excluding carboxylic acids is 1. The molecule has 102 valence electrons. The zero-order chi connectivity index (χ0) is 13.2. The van der Waals surface area contributed by atoms with E-state index in [1.165, 1.54) is 12.8 Å². The summed E-state index contributed by atoms with van der Waals surface area (Å²) in [6, 6.07) is 7.98. The molecule has 0 spiro atoms. The molecule has 1 saturated heterocycles. The van der Waals surface area contributed by atoms with Gasteiger partial charge in [-0.25, -0.2) is 0 Å². The average Bonchev–Trinajstić information content (AvgIpc) is 2.89. The molecule has 0 aromatic heterocycles. The molecule has 0 radical (unpaired) electrons. The van der Waals surface area contributed by atoms with Crippen LogP contribution in [0.3, 0.4) is 0 Å². The van der Waals surface area contributed by atoms with Crippen LogP contribution >= 0.6 is 0 Å². The summed E-state index contributed by atoms with van der Waals surface area (Å²) in [6.07, 6.45) is 2.41. The summed E-state index contributed by atoms with van der Waals surface area (Å²) < 4.78 is 5.67. The molecule has 2 aliphatic heterocycles. The van der Waals surface area contributed by atoms with E-state index >= 15 is 0 Å². The Morgan fingerprint density at radius 3 is 3.05 bits per heavy atom. The Bertz CT molecular complexity index is 475. The van der Waals surface area contributed by atoms with E-state index < -0.39 is 0 Å². The average molecular weight is 260 g/mol. The van der Waals surface area contributed by atoms with Crippen molar-refractivity contribution in [3.8, 4) is 5.75 Å². The van der Waals surface area contributed by atoms with Gasteiger partial charge in [-0.15, -0.1) is 0 Å². The van der Waals surface area contributed by atoms with Gasteiger partial charge in [0.1, 0.15) is 5.75 Å². The number of likely N-dealkylation sites (tertiary alicyclic amines) is 1. The Morgan fingerprint density at radius 1 is 1.37 bits per heavy atom. The van der Waals surface area contributed by atoms with Gasteiger partial charge in [0.15, 0.2) is 6.73 Å². The van der Waals surface area contributed by atoms with Gasteiger partial charge < -0.3 is 9.64 Å². The number of hydrogen-bond donors (Lipinski definition) is 0. The number of likely N-dealkylation sites (N-methyl/N-ethyl adjacent to an activating group) is 1. The van der Waals surface area contributed by atoms with Crippen LogP contribution in [-0.4, -0.2) is 48.1 Å². The minimum absolute atomic E-state index is 0.102. The van der Waals surface area contributed by atoms with Crippen LogP contribution in [0.1, 0.15) is 30.1 Å². The molecule has 0 saturated carbocycles. The number of amides is 1. The van der Waals surface area contributed by atoms with Crippen LogP contribution in [0.4, 0.5) is 0 Å². The van der Waals surface area contributed by atoms with Crippen molar-refractivity contribution >= 4 is 5.91 Å². The molecule has 0 aliphatic carbocycles. The lowest BCUT2D eigenvalue weighted by Crippen LogP contribution is -2.46. The van der Waals surface area contributed by atoms with E-state index in [0.717, 1.165) is 19.6 Å². The van der Waals surface area contributed by atoms with Crippen molar-refractivity contribution in [3.05, 3.63) is 29.8 Å². The van der Waals surface area contributed by atoms with Crippen LogP contribution in [0.5, 0.6) is 5.75 Å². The highest BCUT2D eigenvalue weighted by molar-refractivity contribution is 5.97. The van der Waals surface area contributed by atoms with Gasteiger partial charge in [0.2, 0.25) is 0 Å². The number of rotatable bonds is 3. The molecule has 2 aliphatic rings. The molecule has 1 aromatic carbocycles. The highest BCUT2D eigenvalue weighted by atomic mass is 16.5. The molecule has 4 nitrogen and oxygen atoms in total. The van der Waals surface area contributed by atoms with E-state index in [2.05, 4.69) is 11.8 Å². The third-order valence-corrected chi connectivity index (χ3v) is 4.12. The fourth-order valence-electron chi connectivity index (χ4n) is 3.05. The number of fused-ring (bicyclic) bond motifs is 1. The van der Waals surface area contributed by atoms with Gasteiger partial charge in [-0.05, 0) is 38.1 Å². The van der Waals surface area contributed by atoms with Gasteiger partial charge in [0.25, 0.3) is 5.91 Å². The summed E-state index contributed by atoms with van der Waals surface area (Å²) in [4.78, 5) is 16.7. The largest absolute Gasteiger partial charge is 0.472 e. The van der Waals surface area contributed by atoms with Crippen molar-refractivity contribution in [1.82, 2.24) is 9.80 Å².